The molecule has 0 aromatic heterocycles. The SMILES string of the molecule is N#Cc1ccc(F)c(COc2c(Cl)cccc2CO)c1. The zero-order chi connectivity index (χ0) is 14.5. The topological polar surface area (TPSA) is 53.2 Å². The second kappa shape index (κ2) is 6.38. The molecule has 0 radical (unpaired) electrons. The molecule has 3 nitrogen and oxygen atoms in total. The average molecular weight is 292 g/mol. The zero-order valence-electron chi connectivity index (χ0n) is 10.4. The van der Waals surface area contributed by atoms with Crippen molar-refractivity contribution in [1.82, 2.24) is 0 Å². The molecule has 0 saturated heterocycles. The van der Waals surface area contributed by atoms with Gasteiger partial charge in [-0.15, -0.1) is 0 Å². The highest BCUT2D eigenvalue weighted by Gasteiger charge is 2.10. The molecule has 2 aromatic rings. The number of hydrogen-bond donors (Lipinski definition) is 1. The Morgan fingerprint density at radius 3 is 2.75 bits per heavy atom. The highest BCUT2D eigenvalue weighted by Crippen LogP contribution is 2.29. The lowest BCUT2D eigenvalue weighted by atomic mass is 10.1. The van der Waals surface area contributed by atoms with Crippen LogP contribution in [-0.2, 0) is 13.2 Å². The predicted molar refractivity (Wildman–Crippen MR) is 72.8 cm³/mol. The molecule has 0 amide bonds. The Balaban J connectivity index is 2.23. The Morgan fingerprint density at radius 2 is 2.05 bits per heavy atom. The Kier molecular flexibility index (Phi) is 4.57. The van der Waals surface area contributed by atoms with E-state index < -0.39 is 5.82 Å². The lowest BCUT2D eigenvalue weighted by molar-refractivity contribution is 0.257. The molecule has 0 saturated carbocycles. The number of para-hydroxylation sites is 1. The molecule has 0 aliphatic carbocycles. The third kappa shape index (κ3) is 3.08. The monoisotopic (exact) mass is 291 g/mol. The maximum Gasteiger partial charge on any atom is 0.143 e. The number of benzene rings is 2. The van der Waals surface area contributed by atoms with E-state index in [1.54, 1.807) is 18.2 Å². The third-order valence-electron chi connectivity index (χ3n) is 2.77. The van der Waals surface area contributed by atoms with E-state index in [4.69, 9.17) is 21.6 Å². The number of rotatable bonds is 4. The van der Waals surface area contributed by atoms with Gasteiger partial charge >= 0.3 is 0 Å². The molecule has 102 valence electrons. The molecule has 0 heterocycles. The van der Waals surface area contributed by atoms with Gasteiger partial charge in [0, 0.05) is 11.1 Å². The van der Waals surface area contributed by atoms with Crippen LogP contribution < -0.4 is 4.74 Å². The highest BCUT2D eigenvalue weighted by atomic mass is 35.5. The van der Waals surface area contributed by atoms with Crippen molar-refractivity contribution in [3.05, 3.63) is 63.9 Å². The average Bonchev–Trinajstić information content (AvgIpc) is 2.47. The summed E-state index contributed by atoms with van der Waals surface area (Å²) >= 11 is 5.99. The van der Waals surface area contributed by atoms with Gasteiger partial charge in [0.2, 0.25) is 0 Å². The molecule has 5 heteroatoms. The van der Waals surface area contributed by atoms with Gasteiger partial charge in [0.1, 0.15) is 18.2 Å². The first kappa shape index (κ1) is 14.3. The van der Waals surface area contributed by atoms with Gasteiger partial charge in [-0.3, -0.25) is 0 Å². The summed E-state index contributed by atoms with van der Waals surface area (Å²) in [5.74, 6) is -0.139. The molecule has 2 rings (SSSR count). The van der Waals surface area contributed by atoms with Crippen LogP contribution in [0, 0.1) is 17.1 Å². The van der Waals surface area contributed by atoms with Crippen molar-refractivity contribution in [3.8, 4) is 11.8 Å². The summed E-state index contributed by atoms with van der Waals surface area (Å²) < 4.78 is 19.1. The highest BCUT2D eigenvalue weighted by molar-refractivity contribution is 6.32. The number of halogens is 2. The Morgan fingerprint density at radius 1 is 1.25 bits per heavy atom. The van der Waals surface area contributed by atoms with Gasteiger partial charge in [-0.25, -0.2) is 4.39 Å². The standard InChI is InChI=1S/C15H11ClFNO2/c16-13-3-1-2-11(8-19)15(13)20-9-12-6-10(7-18)4-5-14(12)17/h1-6,19H,8-9H2. The van der Waals surface area contributed by atoms with Crippen LogP contribution in [0.1, 0.15) is 16.7 Å². The maximum absolute atomic E-state index is 13.6. The lowest BCUT2D eigenvalue weighted by Gasteiger charge is -2.12. The summed E-state index contributed by atoms with van der Waals surface area (Å²) in [6.45, 7) is -0.297. The summed E-state index contributed by atoms with van der Waals surface area (Å²) in [5.41, 5.74) is 1.13. The largest absolute Gasteiger partial charge is 0.487 e. The summed E-state index contributed by atoms with van der Waals surface area (Å²) in [4.78, 5) is 0. The van der Waals surface area contributed by atoms with Crippen molar-refractivity contribution in [2.45, 2.75) is 13.2 Å². The lowest BCUT2D eigenvalue weighted by Crippen LogP contribution is -2.02. The second-order valence-corrected chi connectivity index (χ2v) is 4.50. The molecular formula is C15H11ClFNO2. The van der Waals surface area contributed by atoms with Gasteiger partial charge < -0.3 is 9.84 Å². The van der Waals surface area contributed by atoms with Gasteiger partial charge in [0.25, 0.3) is 0 Å². The van der Waals surface area contributed by atoms with Gasteiger partial charge in [0.15, 0.2) is 0 Å². The van der Waals surface area contributed by atoms with Crippen molar-refractivity contribution in [2.24, 2.45) is 0 Å². The van der Waals surface area contributed by atoms with Crippen molar-refractivity contribution in [3.63, 3.8) is 0 Å². The molecule has 0 spiro atoms. The Hall–Kier alpha value is -2.09. The van der Waals surface area contributed by atoms with Gasteiger partial charge in [-0.1, -0.05) is 23.7 Å². The van der Waals surface area contributed by atoms with Gasteiger partial charge in [-0.2, -0.15) is 5.26 Å². The zero-order valence-corrected chi connectivity index (χ0v) is 11.2. The summed E-state index contributed by atoms with van der Waals surface area (Å²) in [5, 5.41) is 18.4. The fourth-order valence-corrected chi connectivity index (χ4v) is 1.99. The number of aliphatic hydroxyl groups is 1. The van der Waals surface area contributed by atoms with E-state index >= 15 is 0 Å². The molecule has 0 aliphatic rings. The number of nitriles is 1. The summed E-state index contributed by atoms with van der Waals surface area (Å²) in [7, 11) is 0. The van der Waals surface area contributed by atoms with Crippen LogP contribution in [0.3, 0.4) is 0 Å². The second-order valence-electron chi connectivity index (χ2n) is 4.09. The maximum atomic E-state index is 13.6. The Labute approximate surface area is 120 Å². The van der Waals surface area contributed by atoms with Gasteiger partial charge in [0.05, 0.1) is 23.3 Å². The fraction of sp³-hybridized carbons (Fsp3) is 0.133. The van der Waals surface area contributed by atoms with Crippen molar-refractivity contribution in [1.29, 1.82) is 5.26 Å². The smallest absolute Gasteiger partial charge is 0.143 e. The minimum absolute atomic E-state index is 0.0713. The first-order valence-electron chi connectivity index (χ1n) is 5.85. The third-order valence-corrected chi connectivity index (χ3v) is 3.06. The molecular weight excluding hydrogens is 281 g/mol. The minimum atomic E-state index is -0.457. The first-order chi connectivity index (χ1) is 9.65. The number of hydrogen-bond acceptors (Lipinski definition) is 3. The number of ether oxygens (including phenoxy) is 1. The van der Waals surface area contributed by atoms with Crippen molar-refractivity contribution >= 4 is 11.6 Å². The molecule has 0 fully saturated rings. The fourth-order valence-electron chi connectivity index (χ4n) is 1.74. The molecule has 20 heavy (non-hydrogen) atoms. The van der Waals surface area contributed by atoms with Crippen molar-refractivity contribution < 1.29 is 14.2 Å². The van der Waals surface area contributed by atoms with Crippen LogP contribution in [0.25, 0.3) is 0 Å². The number of aliphatic hydroxyl groups excluding tert-OH is 1. The van der Waals surface area contributed by atoms with Crippen molar-refractivity contribution in [2.75, 3.05) is 0 Å². The summed E-state index contributed by atoms with van der Waals surface area (Å²) in [6.07, 6.45) is 0. The molecule has 2 aromatic carbocycles. The van der Waals surface area contributed by atoms with Crippen LogP contribution in [0.4, 0.5) is 4.39 Å². The molecule has 1 N–H and O–H groups in total. The molecule has 0 aliphatic heterocycles. The van der Waals surface area contributed by atoms with Crippen LogP contribution in [0.5, 0.6) is 5.75 Å². The molecule has 0 atom stereocenters. The van der Waals surface area contributed by atoms with E-state index in [9.17, 15) is 9.50 Å². The Bertz CT molecular complexity index is 667. The van der Waals surface area contributed by atoms with Crippen LogP contribution in [0.2, 0.25) is 5.02 Å². The summed E-state index contributed by atoms with van der Waals surface area (Å²) in [6, 6.07) is 11.0. The van der Waals surface area contributed by atoms with E-state index in [2.05, 4.69) is 0 Å². The predicted octanol–water partition coefficient (Wildman–Crippen LogP) is 3.42. The quantitative estimate of drug-likeness (QED) is 0.939. The van der Waals surface area contributed by atoms with Crippen LogP contribution >= 0.6 is 11.6 Å². The molecule has 0 bridgehead atoms. The van der Waals surface area contributed by atoms with E-state index in [-0.39, 0.29) is 18.8 Å². The molecule has 0 unspecified atom stereocenters. The van der Waals surface area contributed by atoms with E-state index in [0.29, 0.717) is 21.9 Å². The van der Waals surface area contributed by atoms with Crippen LogP contribution in [0.15, 0.2) is 36.4 Å². The van der Waals surface area contributed by atoms with E-state index in [1.165, 1.54) is 18.2 Å². The van der Waals surface area contributed by atoms with E-state index in [1.807, 2.05) is 6.07 Å². The van der Waals surface area contributed by atoms with E-state index in [0.717, 1.165) is 0 Å². The minimum Gasteiger partial charge on any atom is -0.487 e. The number of nitrogens with zero attached hydrogens (tertiary/aromatic N) is 1. The normalized spacial score (nSPS) is 10.1. The van der Waals surface area contributed by atoms with Gasteiger partial charge in [-0.05, 0) is 24.3 Å². The first-order valence-corrected chi connectivity index (χ1v) is 6.23. The van der Waals surface area contributed by atoms with Crippen LogP contribution in [-0.4, -0.2) is 5.11 Å².